The Balaban J connectivity index is 1.80. The van der Waals surface area contributed by atoms with Crippen LogP contribution in [0.4, 0.5) is 0 Å². The van der Waals surface area contributed by atoms with Crippen LogP contribution in [0.1, 0.15) is 20.3 Å². The summed E-state index contributed by atoms with van der Waals surface area (Å²) in [6.07, 6.45) is 1.37. The van der Waals surface area contributed by atoms with E-state index < -0.39 is 7.26 Å². The van der Waals surface area contributed by atoms with Gasteiger partial charge in [-0.1, -0.05) is 0 Å². The number of ether oxygens (including phenoxy) is 2. The molecule has 0 saturated carbocycles. The number of ketones is 2. The molecule has 1 aliphatic rings. The first-order chi connectivity index (χ1) is 17.4. The number of hydrogen-bond donors (Lipinski definition) is 0. The van der Waals surface area contributed by atoms with Crippen molar-refractivity contribution in [2.45, 2.75) is 20.3 Å². The van der Waals surface area contributed by atoms with Gasteiger partial charge >= 0.3 is 214 Å². The molecule has 186 valence electrons. The SMILES string of the molecule is COC1=C(OC)C(=O)C(CC(C)C[PH](c2ccccc2)(c2ccccc2)c2ccccc2)=C(C)C1=O. The zero-order valence-corrected chi connectivity index (χ0v) is 22.3. The van der Waals surface area contributed by atoms with E-state index in [1.54, 1.807) is 6.92 Å². The third kappa shape index (κ3) is 4.66. The van der Waals surface area contributed by atoms with E-state index in [0.717, 1.165) is 6.16 Å². The normalized spacial score (nSPS) is 15.7. The third-order valence-corrected chi connectivity index (χ3v) is 12.4. The molecule has 0 aromatic heterocycles. The average Bonchev–Trinajstić information content (AvgIpc) is 2.93. The Morgan fingerprint density at radius 3 is 1.44 bits per heavy atom. The van der Waals surface area contributed by atoms with Crippen molar-refractivity contribution in [3.63, 3.8) is 0 Å². The summed E-state index contributed by atoms with van der Waals surface area (Å²) in [5.74, 6) is -0.439. The molecule has 0 fully saturated rings. The fourth-order valence-corrected chi connectivity index (χ4v) is 10.6. The van der Waals surface area contributed by atoms with Gasteiger partial charge in [-0.25, -0.2) is 0 Å². The van der Waals surface area contributed by atoms with Crippen LogP contribution in [-0.2, 0) is 19.1 Å². The number of methoxy groups -OCH3 is 2. The van der Waals surface area contributed by atoms with Crippen molar-refractivity contribution >= 4 is 34.7 Å². The van der Waals surface area contributed by atoms with E-state index in [0.29, 0.717) is 17.6 Å². The Kier molecular flexibility index (Phi) is 7.86. The summed E-state index contributed by atoms with van der Waals surface area (Å²) in [7, 11) is 0.326. The van der Waals surface area contributed by atoms with Gasteiger partial charge in [-0.2, -0.15) is 0 Å². The van der Waals surface area contributed by atoms with Crippen LogP contribution in [0.3, 0.4) is 0 Å². The van der Waals surface area contributed by atoms with Crippen molar-refractivity contribution in [3.8, 4) is 0 Å². The fraction of sp³-hybridized carbons (Fsp3) is 0.226. The quantitative estimate of drug-likeness (QED) is 0.315. The van der Waals surface area contributed by atoms with E-state index in [1.807, 2.05) is 0 Å². The van der Waals surface area contributed by atoms with Crippen LogP contribution in [0, 0.1) is 5.92 Å². The summed E-state index contributed by atoms with van der Waals surface area (Å²) < 4.78 is 10.5. The van der Waals surface area contributed by atoms with E-state index in [4.69, 9.17) is 9.47 Å². The van der Waals surface area contributed by atoms with E-state index in [9.17, 15) is 9.59 Å². The Hall–Kier alpha value is -3.49. The Morgan fingerprint density at radius 1 is 0.667 bits per heavy atom. The molecule has 0 bridgehead atoms. The number of Topliss-reactive ketones (excluding diaryl/α,β-unsaturated/α-hetero) is 2. The molecule has 0 radical (unpaired) electrons. The molecular formula is C31H33O4P. The summed E-state index contributed by atoms with van der Waals surface area (Å²) in [6, 6.07) is 32.2. The molecule has 1 atom stereocenters. The molecule has 0 spiro atoms. The number of rotatable bonds is 9. The minimum atomic E-state index is -2.46. The van der Waals surface area contributed by atoms with Crippen LogP contribution < -0.4 is 15.9 Å². The fourth-order valence-electron chi connectivity index (χ4n) is 5.40. The standard InChI is InChI=1S/C31H33O4P/c1-22(20-27-23(2)28(32)30(34-3)31(35-4)29(27)33)21-36(24-14-8-5-9-15-24,25-16-10-6-11-17-25)26-18-12-7-13-19-26/h5-19,22,36H,20-21H2,1-4H3. The van der Waals surface area contributed by atoms with Gasteiger partial charge in [-0.05, 0) is 0 Å². The number of carbonyl (C=O) groups excluding carboxylic acids is 2. The van der Waals surface area contributed by atoms with Gasteiger partial charge in [-0.15, -0.1) is 0 Å². The molecule has 0 amide bonds. The second-order valence-electron chi connectivity index (χ2n) is 9.35. The topological polar surface area (TPSA) is 52.6 Å². The Morgan fingerprint density at radius 2 is 1.06 bits per heavy atom. The maximum atomic E-state index is 13.3. The number of benzene rings is 3. The summed E-state index contributed by atoms with van der Waals surface area (Å²) in [4.78, 5) is 26.3. The maximum absolute atomic E-state index is 13.3. The van der Waals surface area contributed by atoms with Gasteiger partial charge in [0.1, 0.15) is 0 Å². The van der Waals surface area contributed by atoms with Gasteiger partial charge in [0.15, 0.2) is 0 Å². The van der Waals surface area contributed by atoms with E-state index in [2.05, 4.69) is 97.9 Å². The molecule has 0 N–H and O–H groups in total. The Labute approximate surface area is 214 Å². The average molecular weight is 501 g/mol. The second-order valence-corrected chi connectivity index (χ2v) is 13.3. The monoisotopic (exact) mass is 500 g/mol. The molecule has 3 aromatic carbocycles. The van der Waals surface area contributed by atoms with Gasteiger partial charge in [0.25, 0.3) is 0 Å². The molecule has 0 saturated heterocycles. The summed E-state index contributed by atoms with van der Waals surface area (Å²) >= 11 is 0. The van der Waals surface area contributed by atoms with Crippen molar-refractivity contribution in [2.75, 3.05) is 20.4 Å². The Bertz CT molecular complexity index is 1200. The van der Waals surface area contributed by atoms with Gasteiger partial charge in [-0.3, -0.25) is 0 Å². The molecule has 1 unspecified atom stereocenters. The van der Waals surface area contributed by atoms with Crippen LogP contribution in [0.15, 0.2) is 114 Å². The van der Waals surface area contributed by atoms with Crippen LogP contribution in [0.5, 0.6) is 0 Å². The molecule has 3 aromatic rings. The van der Waals surface area contributed by atoms with Crippen molar-refractivity contribution < 1.29 is 19.1 Å². The van der Waals surface area contributed by atoms with Crippen molar-refractivity contribution in [1.82, 2.24) is 0 Å². The van der Waals surface area contributed by atoms with Crippen LogP contribution >= 0.6 is 7.26 Å². The minimum absolute atomic E-state index is 0.00649. The van der Waals surface area contributed by atoms with Crippen LogP contribution in [0.25, 0.3) is 0 Å². The van der Waals surface area contributed by atoms with E-state index in [1.165, 1.54) is 30.1 Å². The predicted octanol–water partition coefficient (Wildman–Crippen LogP) is 4.71. The molecule has 4 nitrogen and oxygen atoms in total. The predicted molar refractivity (Wildman–Crippen MR) is 149 cm³/mol. The summed E-state index contributed by atoms with van der Waals surface area (Å²) in [6.45, 7) is 3.89. The molecule has 1 aliphatic carbocycles. The second kappa shape index (κ2) is 11.1. The molecule has 5 heteroatoms. The molecule has 4 rings (SSSR count). The number of allylic oxidation sites excluding steroid dienone is 2. The zero-order valence-electron chi connectivity index (χ0n) is 21.3. The summed E-state index contributed by atoms with van der Waals surface area (Å²) in [5.41, 5.74) is 0.957. The van der Waals surface area contributed by atoms with E-state index in [-0.39, 0.29) is 29.0 Å². The van der Waals surface area contributed by atoms with Crippen LogP contribution in [-0.4, -0.2) is 31.9 Å². The molecule has 0 heterocycles. The van der Waals surface area contributed by atoms with Crippen molar-refractivity contribution in [2.24, 2.45) is 5.92 Å². The van der Waals surface area contributed by atoms with Crippen molar-refractivity contribution in [3.05, 3.63) is 114 Å². The van der Waals surface area contributed by atoms with Crippen molar-refractivity contribution in [1.29, 1.82) is 0 Å². The molecular weight excluding hydrogens is 467 g/mol. The number of carbonyl (C=O) groups is 2. The first-order valence-electron chi connectivity index (χ1n) is 12.2. The molecule has 0 aliphatic heterocycles. The third-order valence-electron chi connectivity index (χ3n) is 7.10. The van der Waals surface area contributed by atoms with Gasteiger partial charge < -0.3 is 0 Å². The molecule has 36 heavy (non-hydrogen) atoms. The van der Waals surface area contributed by atoms with Gasteiger partial charge in [0.2, 0.25) is 0 Å². The number of hydrogen-bond acceptors (Lipinski definition) is 4. The van der Waals surface area contributed by atoms with Gasteiger partial charge in [0.05, 0.1) is 0 Å². The first-order valence-corrected chi connectivity index (χ1v) is 14.4. The summed E-state index contributed by atoms with van der Waals surface area (Å²) in [5, 5.41) is 3.97. The first kappa shape index (κ1) is 25.6. The van der Waals surface area contributed by atoms with Crippen LogP contribution in [0.2, 0.25) is 0 Å². The van der Waals surface area contributed by atoms with Gasteiger partial charge in [0, 0.05) is 0 Å². The zero-order chi connectivity index (χ0) is 25.7. The van der Waals surface area contributed by atoms with E-state index >= 15 is 0 Å².